The predicted molar refractivity (Wildman–Crippen MR) is 133 cm³/mol. The lowest BCUT2D eigenvalue weighted by Crippen LogP contribution is -2.26. The van der Waals surface area contributed by atoms with E-state index in [2.05, 4.69) is 35.1 Å². The number of hydrogen-bond donors (Lipinski definition) is 2. The van der Waals surface area contributed by atoms with E-state index in [1.807, 2.05) is 13.0 Å². The van der Waals surface area contributed by atoms with Crippen LogP contribution in [0.1, 0.15) is 60.0 Å². The van der Waals surface area contributed by atoms with Crippen molar-refractivity contribution in [1.29, 1.82) is 0 Å². The molecule has 0 bridgehead atoms. The van der Waals surface area contributed by atoms with Crippen LogP contribution in [0.25, 0.3) is 11.4 Å². The molecule has 2 fully saturated rings. The zero-order chi connectivity index (χ0) is 24.9. The van der Waals surface area contributed by atoms with Crippen molar-refractivity contribution in [3.63, 3.8) is 0 Å². The SMILES string of the molecule is Cc1ncc(-c2nc(NCCCc3ccc(C(=O)NCC4CC4)nc3)ncc2F)n1C1CCOCC1. The summed E-state index contributed by atoms with van der Waals surface area (Å²) in [5, 5.41) is 6.13. The smallest absolute Gasteiger partial charge is 0.269 e. The van der Waals surface area contributed by atoms with Gasteiger partial charge in [0.2, 0.25) is 5.95 Å². The number of halogens is 1. The molecule has 5 rings (SSSR count). The van der Waals surface area contributed by atoms with Gasteiger partial charge in [0.1, 0.15) is 17.2 Å². The van der Waals surface area contributed by atoms with E-state index in [4.69, 9.17) is 4.74 Å². The fraction of sp³-hybridized carbons (Fsp3) is 0.500. The molecule has 4 heterocycles. The van der Waals surface area contributed by atoms with Gasteiger partial charge in [-0.15, -0.1) is 0 Å². The van der Waals surface area contributed by atoms with Gasteiger partial charge in [-0.25, -0.2) is 19.3 Å². The number of ether oxygens (including phenoxy) is 1. The lowest BCUT2D eigenvalue weighted by molar-refractivity contribution is 0.0694. The molecule has 1 aliphatic carbocycles. The second-order valence-corrected chi connectivity index (χ2v) is 9.53. The van der Waals surface area contributed by atoms with E-state index in [1.54, 1.807) is 18.5 Å². The monoisotopic (exact) mass is 493 g/mol. The Morgan fingerprint density at radius 1 is 1.11 bits per heavy atom. The predicted octanol–water partition coefficient (Wildman–Crippen LogP) is 3.72. The molecule has 36 heavy (non-hydrogen) atoms. The fourth-order valence-electron chi connectivity index (χ4n) is 4.51. The van der Waals surface area contributed by atoms with Crippen LogP contribution in [0.2, 0.25) is 0 Å². The van der Waals surface area contributed by atoms with Crippen LogP contribution in [0.4, 0.5) is 10.3 Å². The van der Waals surface area contributed by atoms with Crippen molar-refractivity contribution in [2.45, 2.75) is 51.5 Å². The summed E-state index contributed by atoms with van der Waals surface area (Å²) in [5.74, 6) is 1.27. The third-order valence-electron chi connectivity index (χ3n) is 6.76. The van der Waals surface area contributed by atoms with E-state index in [9.17, 15) is 9.18 Å². The van der Waals surface area contributed by atoms with Gasteiger partial charge in [-0.3, -0.25) is 9.78 Å². The van der Waals surface area contributed by atoms with Crippen molar-refractivity contribution in [2.24, 2.45) is 5.92 Å². The van der Waals surface area contributed by atoms with Gasteiger partial charge < -0.3 is 19.9 Å². The maximum absolute atomic E-state index is 14.7. The number of nitrogens with zero attached hydrogens (tertiary/aromatic N) is 5. The molecule has 0 radical (unpaired) electrons. The molecule has 0 unspecified atom stereocenters. The largest absolute Gasteiger partial charge is 0.381 e. The first-order valence-electron chi connectivity index (χ1n) is 12.7. The summed E-state index contributed by atoms with van der Waals surface area (Å²) in [6.45, 7) is 4.66. The van der Waals surface area contributed by atoms with Crippen LogP contribution >= 0.6 is 0 Å². The van der Waals surface area contributed by atoms with Crippen LogP contribution in [0.3, 0.4) is 0 Å². The van der Waals surface area contributed by atoms with Crippen LogP contribution in [-0.4, -0.2) is 56.7 Å². The molecule has 1 saturated heterocycles. The molecule has 9 nitrogen and oxygen atoms in total. The Kier molecular flexibility index (Phi) is 7.50. The summed E-state index contributed by atoms with van der Waals surface area (Å²) in [7, 11) is 0. The number of carbonyl (C=O) groups is 1. The lowest BCUT2D eigenvalue weighted by atomic mass is 10.1. The number of aryl methyl sites for hydroxylation is 2. The van der Waals surface area contributed by atoms with Gasteiger partial charge in [-0.05, 0) is 63.0 Å². The second-order valence-electron chi connectivity index (χ2n) is 9.53. The van der Waals surface area contributed by atoms with Gasteiger partial charge in [-0.2, -0.15) is 0 Å². The third kappa shape index (κ3) is 5.87. The number of anilines is 1. The van der Waals surface area contributed by atoms with Gasteiger partial charge in [0.25, 0.3) is 5.91 Å². The molecule has 190 valence electrons. The summed E-state index contributed by atoms with van der Waals surface area (Å²) < 4.78 is 22.3. The maximum atomic E-state index is 14.7. The number of imidazole rings is 1. The summed E-state index contributed by atoms with van der Waals surface area (Å²) in [5.41, 5.74) is 2.40. The summed E-state index contributed by atoms with van der Waals surface area (Å²) in [4.78, 5) is 29.5. The standard InChI is InChI=1S/C26H32FN7O2/c1-17-29-16-23(34(17)20-8-11-36-12-9-20)24-21(27)15-32-26(33-24)28-10-2-3-18-6-7-22(30-13-18)25(35)31-14-19-4-5-19/h6-7,13,15-16,19-20H,2-5,8-12,14H2,1H3,(H,31,35)(H,28,32,33). The molecule has 0 atom stereocenters. The van der Waals surface area contributed by atoms with E-state index in [1.165, 1.54) is 19.0 Å². The van der Waals surface area contributed by atoms with Crippen LogP contribution < -0.4 is 10.6 Å². The first-order chi connectivity index (χ1) is 17.6. The number of carbonyl (C=O) groups excluding carboxylic acids is 1. The summed E-state index contributed by atoms with van der Waals surface area (Å²) in [6, 6.07) is 3.92. The highest BCUT2D eigenvalue weighted by Gasteiger charge is 2.24. The average molecular weight is 494 g/mol. The normalized spacial score (nSPS) is 16.2. The Labute approximate surface area is 209 Å². The minimum absolute atomic E-state index is 0.118. The van der Waals surface area contributed by atoms with Crippen molar-refractivity contribution in [2.75, 3.05) is 31.6 Å². The molecule has 1 amide bonds. The Hall–Kier alpha value is -3.40. The van der Waals surface area contributed by atoms with Gasteiger partial charge in [-0.1, -0.05) is 6.07 Å². The number of amides is 1. The van der Waals surface area contributed by atoms with E-state index >= 15 is 0 Å². The highest BCUT2D eigenvalue weighted by molar-refractivity contribution is 5.92. The van der Waals surface area contributed by atoms with Gasteiger partial charge in [0, 0.05) is 38.5 Å². The molecule has 0 spiro atoms. The van der Waals surface area contributed by atoms with E-state index < -0.39 is 5.82 Å². The van der Waals surface area contributed by atoms with Crippen molar-refractivity contribution in [3.05, 3.63) is 53.6 Å². The number of rotatable bonds is 10. The molecule has 2 N–H and O–H groups in total. The van der Waals surface area contributed by atoms with Gasteiger partial charge >= 0.3 is 0 Å². The molecule has 10 heteroatoms. The number of pyridine rings is 1. The van der Waals surface area contributed by atoms with Crippen LogP contribution in [0.15, 0.2) is 30.7 Å². The number of hydrogen-bond acceptors (Lipinski definition) is 7. The Morgan fingerprint density at radius 3 is 2.69 bits per heavy atom. The number of nitrogens with one attached hydrogen (secondary N) is 2. The minimum atomic E-state index is -0.471. The molecule has 1 saturated carbocycles. The van der Waals surface area contributed by atoms with Crippen molar-refractivity contribution in [3.8, 4) is 11.4 Å². The Bertz CT molecular complexity index is 1190. The summed E-state index contributed by atoms with van der Waals surface area (Å²) >= 11 is 0. The van der Waals surface area contributed by atoms with Gasteiger partial charge in [0.05, 0.1) is 18.1 Å². The topological polar surface area (TPSA) is 107 Å². The average Bonchev–Trinajstić information content (AvgIpc) is 3.66. The number of aromatic nitrogens is 5. The van der Waals surface area contributed by atoms with Crippen molar-refractivity contribution < 1.29 is 13.9 Å². The second kappa shape index (κ2) is 11.1. The van der Waals surface area contributed by atoms with Crippen molar-refractivity contribution in [1.82, 2.24) is 29.8 Å². The highest BCUT2D eigenvalue weighted by atomic mass is 19.1. The van der Waals surface area contributed by atoms with Crippen molar-refractivity contribution >= 4 is 11.9 Å². The highest BCUT2D eigenvalue weighted by Crippen LogP contribution is 2.30. The molecule has 0 aromatic carbocycles. The molecule has 3 aromatic heterocycles. The molecule has 1 aliphatic heterocycles. The van der Waals surface area contributed by atoms with Crippen LogP contribution in [0, 0.1) is 18.7 Å². The van der Waals surface area contributed by atoms with Crippen LogP contribution in [0.5, 0.6) is 0 Å². The maximum Gasteiger partial charge on any atom is 0.269 e. The zero-order valence-corrected chi connectivity index (χ0v) is 20.5. The molecular formula is C26H32FN7O2. The quantitative estimate of drug-likeness (QED) is 0.415. The molecule has 2 aliphatic rings. The third-order valence-corrected chi connectivity index (χ3v) is 6.76. The molecule has 3 aromatic rings. The zero-order valence-electron chi connectivity index (χ0n) is 20.5. The van der Waals surface area contributed by atoms with E-state index in [0.29, 0.717) is 43.0 Å². The first kappa shape index (κ1) is 24.3. The van der Waals surface area contributed by atoms with Gasteiger partial charge in [0.15, 0.2) is 5.82 Å². The summed E-state index contributed by atoms with van der Waals surface area (Å²) in [6.07, 6.45) is 10.4. The van der Waals surface area contributed by atoms with Crippen LogP contribution in [-0.2, 0) is 11.2 Å². The lowest BCUT2D eigenvalue weighted by Gasteiger charge is -2.26. The Morgan fingerprint density at radius 2 is 1.94 bits per heavy atom. The van der Waals surface area contributed by atoms with E-state index in [0.717, 1.165) is 43.6 Å². The minimum Gasteiger partial charge on any atom is -0.381 e. The van der Waals surface area contributed by atoms with E-state index in [-0.39, 0.29) is 17.6 Å². The molecular weight excluding hydrogens is 461 g/mol. The fourth-order valence-corrected chi connectivity index (χ4v) is 4.51. The Balaban J connectivity index is 1.16. The first-order valence-corrected chi connectivity index (χ1v) is 12.7.